The summed E-state index contributed by atoms with van der Waals surface area (Å²) in [5, 5.41) is 0. The maximum atomic E-state index is 6.52. The highest BCUT2D eigenvalue weighted by atomic mass is 16.7. The maximum Gasteiger partial charge on any atom is 0.183 e. The molecule has 4 atom stereocenters. The SMILES string of the molecule is C=C1[C@@H](OCc2ccccc2)O[C@H](COCc2ccccc2)[C@H](OCc2ccccc2)[C@@H]1OCc1ccccc1. The van der Waals surface area contributed by atoms with Gasteiger partial charge in [-0.3, -0.25) is 0 Å². The lowest BCUT2D eigenvalue weighted by molar-refractivity contribution is -0.252. The van der Waals surface area contributed by atoms with Crippen LogP contribution in [0.15, 0.2) is 133 Å². The number of hydrogen-bond donors (Lipinski definition) is 0. The summed E-state index contributed by atoms with van der Waals surface area (Å²) in [6.45, 7) is 6.38. The number of benzene rings is 4. The molecule has 1 heterocycles. The van der Waals surface area contributed by atoms with Gasteiger partial charge in [0.2, 0.25) is 0 Å². The predicted octanol–water partition coefficient (Wildman–Crippen LogP) is 6.87. The fourth-order valence-electron chi connectivity index (χ4n) is 4.68. The van der Waals surface area contributed by atoms with Gasteiger partial charge in [-0.25, -0.2) is 0 Å². The van der Waals surface area contributed by atoms with Crippen LogP contribution in [0, 0.1) is 0 Å². The van der Waals surface area contributed by atoms with Gasteiger partial charge in [-0.05, 0) is 22.3 Å². The molecule has 5 heteroatoms. The van der Waals surface area contributed by atoms with Gasteiger partial charge in [0.1, 0.15) is 18.3 Å². The van der Waals surface area contributed by atoms with E-state index in [1.54, 1.807) is 0 Å². The van der Waals surface area contributed by atoms with Gasteiger partial charge in [0, 0.05) is 5.57 Å². The molecule has 1 aliphatic rings. The van der Waals surface area contributed by atoms with E-state index in [-0.39, 0.29) is 0 Å². The Kier molecular flexibility index (Phi) is 10.3. The maximum absolute atomic E-state index is 6.52. The lowest BCUT2D eigenvalue weighted by Crippen LogP contribution is -2.54. The van der Waals surface area contributed by atoms with Gasteiger partial charge < -0.3 is 23.7 Å². The molecule has 4 aromatic carbocycles. The van der Waals surface area contributed by atoms with Crippen molar-refractivity contribution in [3.8, 4) is 0 Å². The van der Waals surface area contributed by atoms with Crippen molar-refractivity contribution in [1.82, 2.24) is 0 Å². The molecule has 0 radical (unpaired) electrons. The van der Waals surface area contributed by atoms with E-state index >= 15 is 0 Å². The minimum atomic E-state index is -0.664. The first kappa shape index (κ1) is 28.0. The van der Waals surface area contributed by atoms with E-state index in [0.717, 1.165) is 22.3 Å². The zero-order valence-corrected chi connectivity index (χ0v) is 22.6. The molecule has 0 bridgehead atoms. The Labute approximate surface area is 236 Å². The molecule has 0 amide bonds. The van der Waals surface area contributed by atoms with E-state index in [1.807, 2.05) is 121 Å². The minimum absolute atomic E-state index is 0.317. The van der Waals surface area contributed by atoms with Crippen LogP contribution in [0.25, 0.3) is 0 Å². The molecular weight excluding hydrogens is 500 g/mol. The molecule has 0 N–H and O–H groups in total. The van der Waals surface area contributed by atoms with E-state index in [9.17, 15) is 0 Å². The van der Waals surface area contributed by atoms with Gasteiger partial charge in [-0.15, -0.1) is 0 Å². The second kappa shape index (κ2) is 14.7. The Hall–Kier alpha value is -3.58. The Morgan fingerprint density at radius 2 is 0.950 bits per heavy atom. The summed E-state index contributed by atoms with van der Waals surface area (Å²) < 4.78 is 31.9. The number of rotatable bonds is 13. The zero-order valence-electron chi connectivity index (χ0n) is 22.6. The van der Waals surface area contributed by atoms with Crippen LogP contribution < -0.4 is 0 Å². The third kappa shape index (κ3) is 7.98. The van der Waals surface area contributed by atoms with Gasteiger partial charge in [-0.1, -0.05) is 128 Å². The van der Waals surface area contributed by atoms with E-state index in [2.05, 4.69) is 6.58 Å². The lowest BCUT2D eigenvalue weighted by atomic mass is 9.96. The first-order valence-electron chi connectivity index (χ1n) is 13.7. The van der Waals surface area contributed by atoms with Crippen molar-refractivity contribution in [2.75, 3.05) is 6.61 Å². The van der Waals surface area contributed by atoms with Crippen LogP contribution in [0.1, 0.15) is 22.3 Å². The third-order valence-corrected chi connectivity index (χ3v) is 6.83. The molecule has 0 aliphatic carbocycles. The predicted molar refractivity (Wildman–Crippen MR) is 155 cm³/mol. The standard InChI is InChI=1S/C35H36O5/c1-27-33(37-23-29-16-8-3-9-17-29)34(38-24-30-18-10-4-11-19-30)32(26-36-22-28-14-6-2-7-15-28)40-35(27)39-25-31-20-12-5-13-21-31/h2-21,32-35H,1,22-26H2/t32-,33-,34+,35+/m1/s1. The second-order valence-electron chi connectivity index (χ2n) is 9.86. The van der Waals surface area contributed by atoms with Crippen molar-refractivity contribution in [2.24, 2.45) is 0 Å². The Morgan fingerprint density at radius 1 is 0.525 bits per heavy atom. The quantitative estimate of drug-likeness (QED) is 0.175. The molecule has 0 unspecified atom stereocenters. The zero-order chi connectivity index (χ0) is 27.4. The van der Waals surface area contributed by atoms with Gasteiger partial charge in [0.25, 0.3) is 0 Å². The molecule has 0 saturated carbocycles. The van der Waals surface area contributed by atoms with Crippen LogP contribution >= 0.6 is 0 Å². The summed E-state index contributed by atoms with van der Waals surface area (Å²) in [7, 11) is 0. The van der Waals surface area contributed by atoms with Crippen LogP contribution in [-0.2, 0) is 50.1 Å². The van der Waals surface area contributed by atoms with Crippen molar-refractivity contribution in [3.63, 3.8) is 0 Å². The molecule has 5 rings (SSSR count). The Bertz CT molecular complexity index is 1280. The second-order valence-corrected chi connectivity index (χ2v) is 9.86. The molecule has 0 aromatic heterocycles. The summed E-state index contributed by atoms with van der Waals surface area (Å²) >= 11 is 0. The third-order valence-electron chi connectivity index (χ3n) is 6.83. The summed E-state index contributed by atoms with van der Waals surface area (Å²) in [6, 6.07) is 40.3. The fourth-order valence-corrected chi connectivity index (χ4v) is 4.68. The lowest BCUT2D eigenvalue weighted by Gasteiger charge is -2.42. The number of hydrogen-bond acceptors (Lipinski definition) is 5. The summed E-state index contributed by atoms with van der Waals surface area (Å²) in [5.41, 5.74) is 4.99. The molecule has 40 heavy (non-hydrogen) atoms. The van der Waals surface area contributed by atoms with Crippen molar-refractivity contribution < 1.29 is 23.7 Å². The summed E-state index contributed by atoms with van der Waals surface area (Å²) in [6.07, 6.45) is -1.99. The molecule has 0 spiro atoms. The molecule has 1 fully saturated rings. The monoisotopic (exact) mass is 536 g/mol. The highest BCUT2D eigenvalue weighted by molar-refractivity contribution is 5.19. The van der Waals surface area contributed by atoms with Crippen LogP contribution in [0.5, 0.6) is 0 Å². The number of ether oxygens (including phenoxy) is 5. The Morgan fingerprint density at radius 3 is 1.45 bits per heavy atom. The highest BCUT2D eigenvalue weighted by Gasteiger charge is 2.43. The van der Waals surface area contributed by atoms with E-state index in [0.29, 0.717) is 38.6 Å². The Balaban J connectivity index is 1.35. The highest BCUT2D eigenvalue weighted by Crippen LogP contribution is 2.32. The smallest absolute Gasteiger partial charge is 0.183 e. The van der Waals surface area contributed by atoms with Crippen LogP contribution in [0.4, 0.5) is 0 Å². The fraction of sp³-hybridized carbons (Fsp3) is 0.257. The average Bonchev–Trinajstić information content (AvgIpc) is 3.01. The van der Waals surface area contributed by atoms with E-state index in [4.69, 9.17) is 23.7 Å². The molecular formula is C35H36O5. The minimum Gasteiger partial charge on any atom is -0.374 e. The van der Waals surface area contributed by atoms with Crippen LogP contribution in [0.3, 0.4) is 0 Å². The van der Waals surface area contributed by atoms with E-state index < -0.39 is 24.6 Å². The average molecular weight is 537 g/mol. The first-order valence-corrected chi connectivity index (χ1v) is 13.7. The molecule has 4 aromatic rings. The summed E-state index contributed by atoms with van der Waals surface area (Å²) in [4.78, 5) is 0. The summed E-state index contributed by atoms with van der Waals surface area (Å²) in [5.74, 6) is 0. The van der Waals surface area contributed by atoms with Gasteiger partial charge in [0.05, 0.1) is 33.0 Å². The van der Waals surface area contributed by atoms with Gasteiger partial charge in [-0.2, -0.15) is 0 Å². The van der Waals surface area contributed by atoms with Crippen LogP contribution in [0.2, 0.25) is 0 Å². The van der Waals surface area contributed by atoms with Crippen molar-refractivity contribution in [1.29, 1.82) is 0 Å². The first-order chi connectivity index (χ1) is 19.8. The van der Waals surface area contributed by atoms with Crippen molar-refractivity contribution >= 4 is 0 Å². The molecule has 1 saturated heterocycles. The largest absolute Gasteiger partial charge is 0.374 e. The molecule has 1 aliphatic heterocycles. The normalized spacial score (nSPS) is 20.9. The van der Waals surface area contributed by atoms with Crippen LogP contribution in [-0.4, -0.2) is 31.2 Å². The molecule has 5 nitrogen and oxygen atoms in total. The topological polar surface area (TPSA) is 46.2 Å². The van der Waals surface area contributed by atoms with Crippen molar-refractivity contribution in [3.05, 3.63) is 156 Å². The molecule has 206 valence electrons. The van der Waals surface area contributed by atoms with Gasteiger partial charge >= 0.3 is 0 Å². The van der Waals surface area contributed by atoms with Gasteiger partial charge in [0.15, 0.2) is 6.29 Å². The van der Waals surface area contributed by atoms with Crippen molar-refractivity contribution in [2.45, 2.75) is 51.0 Å². The van der Waals surface area contributed by atoms with E-state index in [1.165, 1.54) is 0 Å².